The third kappa shape index (κ3) is 0.724. The van der Waals surface area contributed by atoms with E-state index in [2.05, 4.69) is 25.9 Å². The molecule has 0 saturated heterocycles. The molecule has 0 fully saturated rings. The number of nitrogens with zero attached hydrogens (tertiary/aromatic N) is 3. The van der Waals surface area contributed by atoms with Crippen LogP contribution in [0.3, 0.4) is 0 Å². The molecular formula is C6H4BrN3. The van der Waals surface area contributed by atoms with Gasteiger partial charge in [-0.15, -0.1) is 0 Å². The molecule has 0 saturated carbocycles. The van der Waals surface area contributed by atoms with Crippen LogP contribution >= 0.6 is 15.9 Å². The van der Waals surface area contributed by atoms with Gasteiger partial charge in [0, 0.05) is 18.6 Å². The van der Waals surface area contributed by atoms with Gasteiger partial charge < -0.3 is 0 Å². The molecule has 0 aliphatic heterocycles. The highest BCUT2D eigenvalue weighted by molar-refractivity contribution is 9.10. The Morgan fingerprint density at radius 3 is 3.20 bits per heavy atom. The highest BCUT2D eigenvalue weighted by Gasteiger charge is 1.96. The monoisotopic (exact) mass is 197 g/mol. The topological polar surface area (TPSA) is 30.2 Å². The minimum Gasteiger partial charge on any atom is -0.290 e. The number of rotatable bonds is 0. The van der Waals surface area contributed by atoms with Crippen LogP contribution in [0.2, 0.25) is 0 Å². The van der Waals surface area contributed by atoms with Gasteiger partial charge in [0.25, 0.3) is 0 Å². The first kappa shape index (κ1) is 5.85. The normalized spacial score (nSPS) is 10.5. The van der Waals surface area contributed by atoms with E-state index in [0.717, 1.165) is 10.1 Å². The Kier molecular flexibility index (Phi) is 1.20. The third-order valence-electron chi connectivity index (χ3n) is 1.26. The summed E-state index contributed by atoms with van der Waals surface area (Å²) in [6.45, 7) is 0. The van der Waals surface area contributed by atoms with Crippen LogP contribution in [0.5, 0.6) is 0 Å². The van der Waals surface area contributed by atoms with Gasteiger partial charge >= 0.3 is 0 Å². The molecule has 0 bridgehead atoms. The quantitative estimate of drug-likeness (QED) is 0.641. The Morgan fingerprint density at radius 1 is 1.50 bits per heavy atom. The molecule has 2 aromatic rings. The smallest absolute Gasteiger partial charge is 0.153 e. The van der Waals surface area contributed by atoms with Gasteiger partial charge in [-0.05, 0) is 15.9 Å². The van der Waals surface area contributed by atoms with E-state index in [4.69, 9.17) is 0 Å². The van der Waals surface area contributed by atoms with Crippen molar-refractivity contribution < 1.29 is 0 Å². The summed E-state index contributed by atoms with van der Waals surface area (Å²) in [4.78, 5) is 8.06. The summed E-state index contributed by atoms with van der Waals surface area (Å²) in [6, 6.07) is 0. The zero-order valence-electron chi connectivity index (χ0n) is 5.03. The Balaban J connectivity index is 2.95. The molecule has 10 heavy (non-hydrogen) atoms. The predicted octanol–water partition coefficient (Wildman–Crippen LogP) is 1.49. The molecule has 0 unspecified atom stereocenters. The Hall–Kier alpha value is -0.900. The van der Waals surface area contributed by atoms with E-state index in [1.54, 1.807) is 18.7 Å². The van der Waals surface area contributed by atoms with Gasteiger partial charge in [-0.3, -0.25) is 4.40 Å². The zero-order chi connectivity index (χ0) is 6.97. The second-order valence-corrected chi connectivity index (χ2v) is 2.75. The molecule has 2 heterocycles. The van der Waals surface area contributed by atoms with Crippen LogP contribution in [0.25, 0.3) is 5.65 Å². The van der Waals surface area contributed by atoms with E-state index in [1.165, 1.54) is 0 Å². The summed E-state index contributed by atoms with van der Waals surface area (Å²) >= 11 is 3.33. The predicted molar refractivity (Wildman–Crippen MR) is 40.7 cm³/mol. The van der Waals surface area contributed by atoms with Crippen molar-refractivity contribution >= 4 is 21.6 Å². The van der Waals surface area contributed by atoms with E-state index in [1.807, 2.05) is 10.6 Å². The maximum atomic E-state index is 4.09. The van der Waals surface area contributed by atoms with Crippen molar-refractivity contribution in [3.05, 3.63) is 29.4 Å². The van der Waals surface area contributed by atoms with Crippen molar-refractivity contribution in [1.29, 1.82) is 0 Å². The molecule has 0 spiro atoms. The second kappa shape index (κ2) is 2.05. The van der Waals surface area contributed by atoms with Crippen LogP contribution in [0.4, 0.5) is 0 Å². The number of hydrogen-bond donors (Lipinski definition) is 0. The Morgan fingerprint density at radius 2 is 2.40 bits per heavy atom. The molecule has 0 amide bonds. The Labute approximate surface area is 65.9 Å². The molecular weight excluding hydrogens is 194 g/mol. The van der Waals surface area contributed by atoms with Crippen LogP contribution in [0.15, 0.2) is 29.4 Å². The van der Waals surface area contributed by atoms with E-state index < -0.39 is 0 Å². The van der Waals surface area contributed by atoms with E-state index in [9.17, 15) is 0 Å². The molecule has 0 aliphatic rings. The fourth-order valence-corrected chi connectivity index (χ4v) is 1.24. The largest absolute Gasteiger partial charge is 0.290 e. The van der Waals surface area contributed by atoms with Crippen LogP contribution in [0.1, 0.15) is 0 Å². The van der Waals surface area contributed by atoms with Gasteiger partial charge in [-0.2, -0.15) is 0 Å². The lowest BCUT2D eigenvalue weighted by molar-refractivity contribution is 1.08. The lowest BCUT2D eigenvalue weighted by Gasteiger charge is -1.91. The summed E-state index contributed by atoms with van der Waals surface area (Å²) in [7, 11) is 0. The number of aromatic nitrogens is 3. The minimum absolute atomic E-state index is 0.898. The molecule has 0 atom stereocenters. The maximum Gasteiger partial charge on any atom is 0.153 e. The average Bonchev–Trinajstić information content (AvgIpc) is 2.36. The molecule has 50 valence electrons. The van der Waals surface area contributed by atoms with Gasteiger partial charge in [-0.1, -0.05) is 0 Å². The number of hydrogen-bond acceptors (Lipinski definition) is 2. The van der Waals surface area contributed by atoms with Crippen LogP contribution < -0.4 is 0 Å². The summed E-state index contributed by atoms with van der Waals surface area (Å²) in [6.07, 6.45) is 7.03. The lowest BCUT2D eigenvalue weighted by Crippen LogP contribution is -1.84. The van der Waals surface area contributed by atoms with E-state index >= 15 is 0 Å². The third-order valence-corrected chi connectivity index (χ3v) is 1.82. The molecule has 0 N–H and O–H groups in total. The minimum atomic E-state index is 0.898. The fourth-order valence-electron chi connectivity index (χ4n) is 0.820. The molecule has 3 nitrogen and oxygen atoms in total. The molecule has 4 heteroatoms. The highest BCUT2D eigenvalue weighted by atomic mass is 79.9. The number of fused-ring (bicyclic) bond motifs is 1. The SMILES string of the molecule is Brc1cncn2ccnc12. The van der Waals surface area contributed by atoms with Crippen molar-refractivity contribution in [2.75, 3.05) is 0 Å². The van der Waals surface area contributed by atoms with E-state index in [0.29, 0.717) is 0 Å². The summed E-state index contributed by atoms with van der Waals surface area (Å²) in [5.74, 6) is 0. The van der Waals surface area contributed by atoms with Crippen molar-refractivity contribution in [2.45, 2.75) is 0 Å². The van der Waals surface area contributed by atoms with Crippen molar-refractivity contribution in [3.63, 3.8) is 0 Å². The van der Waals surface area contributed by atoms with Crippen molar-refractivity contribution in [1.82, 2.24) is 14.4 Å². The van der Waals surface area contributed by atoms with E-state index in [-0.39, 0.29) is 0 Å². The Bertz CT molecular complexity index is 355. The second-order valence-electron chi connectivity index (χ2n) is 1.90. The summed E-state index contributed by atoms with van der Waals surface area (Å²) in [5, 5.41) is 0. The first-order valence-electron chi connectivity index (χ1n) is 2.80. The van der Waals surface area contributed by atoms with Crippen LogP contribution in [0, 0.1) is 0 Å². The van der Waals surface area contributed by atoms with Gasteiger partial charge in [0.1, 0.15) is 6.33 Å². The van der Waals surface area contributed by atoms with Crippen molar-refractivity contribution in [2.24, 2.45) is 0 Å². The molecule has 0 radical (unpaired) electrons. The molecule has 2 rings (SSSR count). The number of imidazole rings is 1. The average molecular weight is 198 g/mol. The summed E-state index contributed by atoms with van der Waals surface area (Å²) in [5.41, 5.74) is 0.898. The van der Waals surface area contributed by atoms with Gasteiger partial charge in [0.15, 0.2) is 5.65 Å². The van der Waals surface area contributed by atoms with Crippen LogP contribution in [-0.4, -0.2) is 14.4 Å². The van der Waals surface area contributed by atoms with Crippen molar-refractivity contribution in [3.8, 4) is 0 Å². The van der Waals surface area contributed by atoms with Crippen LogP contribution in [-0.2, 0) is 0 Å². The number of halogens is 1. The standard InChI is InChI=1S/C6H4BrN3/c7-5-3-8-4-10-2-1-9-6(5)10/h1-4H. The lowest BCUT2D eigenvalue weighted by atomic mass is 10.6. The fraction of sp³-hybridized carbons (Fsp3) is 0. The summed E-state index contributed by atoms with van der Waals surface area (Å²) < 4.78 is 2.77. The molecule has 0 aliphatic carbocycles. The van der Waals surface area contributed by atoms with Gasteiger partial charge in [0.05, 0.1) is 4.47 Å². The highest BCUT2D eigenvalue weighted by Crippen LogP contribution is 2.12. The zero-order valence-corrected chi connectivity index (χ0v) is 6.62. The molecule has 0 aromatic carbocycles. The van der Waals surface area contributed by atoms with Gasteiger partial charge in [-0.25, -0.2) is 9.97 Å². The molecule has 2 aromatic heterocycles. The van der Waals surface area contributed by atoms with Gasteiger partial charge in [0.2, 0.25) is 0 Å². The maximum absolute atomic E-state index is 4.09. The first-order chi connectivity index (χ1) is 4.88. The first-order valence-corrected chi connectivity index (χ1v) is 3.59.